The lowest BCUT2D eigenvalue weighted by molar-refractivity contribution is -0.131. The molecule has 0 aromatic carbocycles. The third-order valence-electron chi connectivity index (χ3n) is 3.30. The number of nitrogens with two attached hydrogens (primary N) is 1. The largest absolute Gasteiger partial charge is 0.368 e. The maximum absolute atomic E-state index is 11.8. The summed E-state index contributed by atoms with van der Waals surface area (Å²) in [4.78, 5) is 35.7. The summed E-state index contributed by atoms with van der Waals surface area (Å²) in [6.45, 7) is 0.416. The number of amides is 3. The van der Waals surface area contributed by atoms with Crippen LogP contribution >= 0.6 is 0 Å². The van der Waals surface area contributed by atoms with Gasteiger partial charge in [-0.1, -0.05) is 0 Å². The smallest absolute Gasteiger partial charge is 0.243 e. The molecular formula is C10H15N3O3. The lowest BCUT2D eigenvalue weighted by Gasteiger charge is -2.16. The van der Waals surface area contributed by atoms with E-state index in [4.69, 9.17) is 5.73 Å². The number of nitrogens with zero attached hydrogens (tertiary/aromatic N) is 1. The van der Waals surface area contributed by atoms with Crippen LogP contribution in [0.4, 0.5) is 0 Å². The molecule has 2 aliphatic rings. The summed E-state index contributed by atoms with van der Waals surface area (Å²) in [5, 5.41) is 2.66. The van der Waals surface area contributed by atoms with Gasteiger partial charge in [0.25, 0.3) is 0 Å². The lowest BCUT2D eigenvalue weighted by Crippen LogP contribution is -2.49. The third kappa shape index (κ3) is 1.75. The number of carbonyl (C=O) groups is 3. The average molecular weight is 225 g/mol. The molecule has 3 N–H and O–H groups in total. The predicted octanol–water partition coefficient (Wildman–Crippen LogP) is -1.40. The molecule has 6 nitrogen and oxygen atoms in total. The zero-order valence-electron chi connectivity index (χ0n) is 9.16. The van der Waals surface area contributed by atoms with E-state index in [9.17, 15) is 14.4 Å². The highest BCUT2D eigenvalue weighted by Gasteiger charge is 2.51. The maximum atomic E-state index is 11.8. The topological polar surface area (TPSA) is 92.5 Å². The summed E-state index contributed by atoms with van der Waals surface area (Å²) in [7, 11) is 1.66. The number of primary amides is 1. The van der Waals surface area contributed by atoms with E-state index >= 15 is 0 Å². The molecule has 88 valence electrons. The van der Waals surface area contributed by atoms with E-state index in [-0.39, 0.29) is 24.2 Å². The minimum atomic E-state index is -0.832. The predicted molar refractivity (Wildman–Crippen MR) is 55.0 cm³/mol. The Morgan fingerprint density at radius 3 is 2.50 bits per heavy atom. The highest BCUT2D eigenvalue weighted by atomic mass is 16.2. The van der Waals surface area contributed by atoms with Crippen LogP contribution in [-0.4, -0.2) is 41.8 Å². The Morgan fingerprint density at radius 2 is 2.12 bits per heavy atom. The van der Waals surface area contributed by atoms with Gasteiger partial charge in [-0.05, 0) is 12.8 Å². The van der Waals surface area contributed by atoms with Gasteiger partial charge in [-0.2, -0.15) is 0 Å². The molecule has 1 aliphatic carbocycles. The molecular weight excluding hydrogens is 210 g/mol. The molecule has 1 atom stereocenters. The van der Waals surface area contributed by atoms with Crippen molar-refractivity contribution in [2.24, 2.45) is 11.7 Å². The van der Waals surface area contributed by atoms with Gasteiger partial charge in [0.2, 0.25) is 17.7 Å². The molecule has 6 heteroatoms. The number of hydrogen-bond donors (Lipinski definition) is 2. The highest BCUT2D eigenvalue weighted by molar-refractivity contribution is 5.95. The molecule has 1 saturated carbocycles. The molecule has 1 aliphatic heterocycles. The summed E-state index contributed by atoms with van der Waals surface area (Å²) in [5.74, 6) is -1.12. The number of hydrogen-bond acceptors (Lipinski definition) is 3. The molecule has 0 spiro atoms. The average Bonchev–Trinajstić information content (AvgIpc) is 2.90. The normalized spacial score (nSPS) is 26.7. The van der Waals surface area contributed by atoms with Gasteiger partial charge >= 0.3 is 0 Å². The fraction of sp³-hybridized carbons (Fsp3) is 0.700. The van der Waals surface area contributed by atoms with Crippen molar-refractivity contribution in [3.63, 3.8) is 0 Å². The van der Waals surface area contributed by atoms with Gasteiger partial charge in [0.05, 0.1) is 5.92 Å². The Labute approximate surface area is 93.1 Å². The Kier molecular flexibility index (Phi) is 2.36. The van der Waals surface area contributed by atoms with Crippen LogP contribution in [0, 0.1) is 5.92 Å². The van der Waals surface area contributed by atoms with Gasteiger partial charge in [0, 0.05) is 20.0 Å². The number of likely N-dealkylation sites (tertiary alicyclic amines) is 1. The van der Waals surface area contributed by atoms with Crippen molar-refractivity contribution in [3.05, 3.63) is 0 Å². The van der Waals surface area contributed by atoms with E-state index in [0.29, 0.717) is 19.4 Å². The second-order valence-corrected chi connectivity index (χ2v) is 4.61. The van der Waals surface area contributed by atoms with E-state index in [1.54, 1.807) is 7.05 Å². The third-order valence-corrected chi connectivity index (χ3v) is 3.30. The number of carbonyl (C=O) groups excluding carboxylic acids is 3. The van der Waals surface area contributed by atoms with Crippen LogP contribution in [-0.2, 0) is 14.4 Å². The van der Waals surface area contributed by atoms with Crippen LogP contribution in [0.1, 0.15) is 19.3 Å². The molecule has 1 saturated heterocycles. The van der Waals surface area contributed by atoms with Gasteiger partial charge in [-0.15, -0.1) is 0 Å². The summed E-state index contributed by atoms with van der Waals surface area (Å²) < 4.78 is 0. The molecule has 0 aromatic rings. The fourth-order valence-corrected chi connectivity index (χ4v) is 1.94. The van der Waals surface area contributed by atoms with Crippen molar-refractivity contribution in [1.82, 2.24) is 10.2 Å². The summed E-state index contributed by atoms with van der Waals surface area (Å²) in [5.41, 5.74) is 4.37. The molecule has 0 radical (unpaired) electrons. The monoisotopic (exact) mass is 225 g/mol. The lowest BCUT2D eigenvalue weighted by atomic mass is 10.1. The first-order chi connectivity index (χ1) is 7.44. The number of rotatable bonds is 3. The second kappa shape index (κ2) is 3.47. The molecule has 1 heterocycles. The van der Waals surface area contributed by atoms with Crippen molar-refractivity contribution < 1.29 is 14.4 Å². The van der Waals surface area contributed by atoms with Crippen LogP contribution in [0.2, 0.25) is 0 Å². The van der Waals surface area contributed by atoms with Crippen LogP contribution in [0.5, 0.6) is 0 Å². The Hall–Kier alpha value is -1.59. The summed E-state index contributed by atoms with van der Waals surface area (Å²) >= 11 is 0. The van der Waals surface area contributed by atoms with Crippen LogP contribution in [0.25, 0.3) is 0 Å². The van der Waals surface area contributed by atoms with Gasteiger partial charge < -0.3 is 16.0 Å². The second-order valence-electron chi connectivity index (χ2n) is 4.61. The zero-order valence-corrected chi connectivity index (χ0v) is 9.16. The molecule has 2 fully saturated rings. The van der Waals surface area contributed by atoms with Crippen LogP contribution in [0.3, 0.4) is 0 Å². The van der Waals surface area contributed by atoms with Crippen molar-refractivity contribution in [1.29, 1.82) is 0 Å². The van der Waals surface area contributed by atoms with Crippen molar-refractivity contribution in [2.45, 2.75) is 24.8 Å². The minimum Gasteiger partial charge on any atom is -0.368 e. The van der Waals surface area contributed by atoms with Gasteiger partial charge in [-0.3, -0.25) is 14.4 Å². The van der Waals surface area contributed by atoms with Crippen LogP contribution < -0.4 is 11.1 Å². The van der Waals surface area contributed by atoms with E-state index in [2.05, 4.69) is 5.32 Å². The fourth-order valence-electron chi connectivity index (χ4n) is 1.94. The minimum absolute atomic E-state index is 0.0379. The molecule has 1 unspecified atom stereocenters. The quantitative estimate of drug-likeness (QED) is 0.618. The highest BCUT2D eigenvalue weighted by Crippen LogP contribution is 2.35. The standard InChI is InChI=1S/C10H15N3O3/c1-13-5-6(4-7(13)14)8(15)12-10(2-3-10)9(11)16/h6H,2-5H2,1H3,(H2,11,16)(H,12,15). The number of nitrogens with one attached hydrogen (secondary N) is 1. The SMILES string of the molecule is CN1CC(C(=O)NC2(C(N)=O)CC2)CC1=O. The van der Waals surface area contributed by atoms with E-state index < -0.39 is 11.4 Å². The first kappa shape index (κ1) is 10.9. The van der Waals surface area contributed by atoms with Crippen molar-refractivity contribution in [3.8, 4) is 0 Å². The molecule has 0 bridgehead atoms. The van der Waals surface area contributed by atoms with Crippen molar-refractivity contribution >= 4 is 17.7 Å². The molecule has 2 rings (SSSR count). The Balaban J connectivity index is 1.95. The zero-order chi connectivity index (χ0) is 11.9. The van der Waals surface area contributed by atoms with E-state index in [1.807, 2.05) is 0 Å². The first-order valence-electron chi connectivity index (χ1n) is 5.30. The van der Waals surface area contributed by atoms with Gasteiger partial charge in [-0.25, -0.2) is 0 Å². The maximum Gasteiger partial charge on any atom is 0.243 e. The first-order valence-corrected chi connectivity index (χ1v) is 5.30. The Morgan fingerprint density at radius 1 is 1.50 bits per heavy atom. The molecule has 16 heavy (non-hydrogen) atoms. The summed E-state index contributed by atoms with van der Waals surface area (Å²) in [6, 6.07) is 0. The van der Waals surface area contributed by atoms with E-state index in [0.717, 1.165) is 0 Å². The molecule has 3 amide bonds. The molecule has 0 aromatic heterocycles. The van der Waals surface area contributed by atoms with Gasteiger partial charge in [0.1, 0.15) is 5.54 Å². The van der Waals surface area contributed by atoms with Crippen molar-refractivity contribution in [2.75, 3.05) is 13.6 Å². The van der Waals surface area contributed by atoms with Crippen LogP contribution in [0.15, 0.2) is 0 Å². The Bertz CT molecular complexity index is 362. The van der Waals surface area contributed by atoms with Gasteiger partial charge in [0.15, 0.2) is 0 Å². The van der Waals surface area contributed by atoms with E-state index in [1.165, 1.54) is 4.90 Å². The summed E-state index contributed by atoms with van der Waals surface area (Å²) in [6.07, 6.45) is 1.42.